The molecule has 0 aromatic carbocycles. The largest absolute Gasteiger partial charge is 0.411 e. The summed E-state index contributed by atoms with van der Waals surface area (Å²) in [6.45, 7) is 5.99. The van der Waals surface area contributed by atoms with E-state index in [1.54, 1.807) is 0 Å². The van der Waals surface area contributed by atoms with Gasteiger partial charge in [-0.3, -0.25) is 0 Å². The fourth-order valence-corrected chi connectivity index (χ4v) is 1.13. The zero-order chi connectivity index (χ0) is 9.14. The van der Waals surface area contributed by atoms with E-state index in [1.165, 1.54) is 5.56 Å². The molecule has 0 unspecified atom stereocenters. The Morgan fingerprint density at radius 2 is 2.25 bits per heavy atom. The van der Waals surface area contributed by atoms with E-state index >= 15 is 0 Å². The first-order valence-corrected chi connectivity index (χ1v) is 4.06. The highest BCUT2D eigenvalue weighted by molar-refractivity contribution is 5.98. The standard InChI is InChI=1S/C9H14N2O/c1-4-8(11-12)9-5-6(2)7(3)10-9/h5,10,12H,4H2,1-3H3/b11-8+. The third-order valence-electron chi connectivity index (χ3n) is 2.04. The highest BCUT2D eigenvalue weighted by atomic mass is 16.4. The summed E-state index contributed by atoms with van der Waals surface area (Å²) in [6, 6.07) is 1.99. The minimum absolute atomic E-state index is 0.700. The minimum Gasteiger partial charge on any atom is -0.411 e. The lowest BCUT2D eigenvalue weighted by Gasteiger charge is -1.95. The highest BCUT2D eigenvalue weighted by Crippen LogP contribution is 2.10. The van der Waals surface area contributed by atoms with Crippen LogP contribution in [0.4, 0.5) is 0 Å². The van der Waals surface area contributed by atoms with Crippen LogP contribution >= 0.6 is 0 Å². The van der Waals surface area contributed by atoms with Crippen molar-refractivity contribution in [2.75, 3.05) is 0 Å². The molecule has 1 heterocycles. The predicted octanol–water partition coefficient (Wildman–Crippen LogP) is 2.22. The zero-order valence-corrected chi connectivity index (χ0v) is 7.68. The third kappa shape index (κ3) is 1.49. The molecule has 0 atom stereocenters. The van der Waals surface area contributed by atoms with E-state index in [1.807, 2.05) is 26.8 Å². The molecule has 0 saturated heterocycles. The molecule has 0 fully saturated rings. The average Bonchev–Trinajstić information content (AvgIpc) is 2.35. The Hall–Kier alpha value is -1.25. The van der Waals surface area contributed by atoms with E-state index in [9.17, 15) is 0 Å². The summed E-state index contributed by atoms with van der Waals surface area (Å²) >= 11 is 0. The highest BCUT2D eigenvalue weighted by Gasteiger charge is 2.05. The molecule has 0 bridgehead atoms. The number of nitrogens with one attached hydrogen (secondary N) is 1. The molecular formula is C9H14N2O. The van der Waals surface area contributed by atoms with Gasteiger partial charge in [-0.25, -0.2) is 0 Å². The summed E-state index contributed by atoms with van der Waals surface area (Å²) in [6.07, 6.45) is 0.732. The summed E-state index contributed by atoms with van der Waals surface area (Å²) in [5, 5.41) is 11.9. The van der Waals surface area contributed by atoms with Crippen molar-refractivity contribution in [3.8, 4) is 0 Å². The fourth-order valence-electron chi connectivity index (χ4n) is 1.13. The van der Waals surface area contributed by atoms with Crippen molar-refractivity contribution in [3.05, 3.63) is 23.0 Å². The second-order valence-corrected chi connectivity index (χ2v) is 2.89. The van der Waals surface area contributed by atoms with Crippen LogP contribution in [0.3, 0.4) is 0 Å². The maximum absolute atomic E-state index is 8.65. The van der Waals surface area contributed by atoms with Gasteiger partial charge in [0.1, 0.15) is 5.71 Å². The van der Waals surface area contributed by atoms with Gasteiger partial charge < -0.3 is 10.2 Å². The Morgan fingerprint density at radius 3 is 2.58 bits per heavy atom. The number of nitrogens with zero attached hydrogens (tertiary/aromatic N) is 1. The van der Waals surface area contributed by atoms with E-state index in [2.05, 4.69) is 10.1 Å². The van der Waals surface area contributed by atoms with E-state index in [0.717, 1.165) is 17.8 Å². The van der Waals surface area contributed by atoms with Gasteiger partial charge in [-0.1, -0.05) is 12.1 Å². The molecular weight excluding hydrogens is 152 g/mol. The monoisotopic (exact) mass is 166 g/mol. The Bertz CT molecular complexity index is 280. The quantitative estimate of drug-likeness (QED) is 0.395. The number of H-pyrrole nitrogens is 1. The molecule has 12 heavy (non-hydrogen) atoms. The molecule has 0 aliphatic rings. The molecule has 2 N–H and O–H groups in total. The van der Waals surface area contributed by atoms with Gasteiger partial charge in [-0.05, 0) is 31.9 Å². The predicted molar refractivity (Wildman–Crippen MR) is 48.9 cm³/mol. The molecule has 0 aliphatic heterocycles. The second-order valence-electron chi connectivity index (χ2n) is 2.89. The summed E-state index contributed by atoms with van der Waals surface area (Å²) in [5.41, 5.74) is 3.93. The van der Waals surface area contributed by atoms with Crippen LogP contribution in [0.25, 0.3) is 0 Å². The van der Waals surface area contributed by atoms with Crippen LogP contribution in [0.5, 0.6) is 0 Å². The van der Waals surface area contributed by atoms with Gasteiger partial charge in [-0.15, -0.1) is 0 Å². The van der Waals surface area contributed by atoms with Crippen LogP contribution < -0.4 is 0 Å². The molecule has 3 heteroatoms. The first kappa shape index (κ1) is 8.84. The zero-order valence-electron chi connectivity index (χ0n) is 7.68. The smallest absolute Gasteiger partial charge is 0.103 e. The van der Waals surface area contributed by atoms with Crippen molar-refractivity contribution < 1.29 is 5.21 Å². The lowest BCUT2D eigenvalue weighted by Crippen LogP contribution is -1.98. The molecule has 3 nitrogen and oxygen atoms in total. The number of rotatable bonds is 2. The van der Waals surface area contributed by atoms with E-state index in [-0.39, 0.29) is 0 Å². The van der Waals surface area contributed by atoms with Crippen LogP contribution in [-0.2, 0) is 0 Å². The van der Waals surface area contributed by atoms with Gasteiger partial charge >= 0.3 is 0 Å². The van der Waals surface area contributed by atoms with Gasteiger partial charge in [0.05, 0.1) is 5.69 Å². The molecule has 1 aromatic rings. The lowest BCUT2D eigenvalue weighted by atomic mass is 10.2. The van der Waals surface area contributed by atoms with Gasteiger partial charge in [0.15, 0.2) is 0 Å². The van der Waals surface area contributed by atoms with Crippen molar-refractivity contribution in [2.24, 2.45) is 5.16 Å². The number of aromatic nitrogens is 1. The van der Waals surface area contributed by atoms with Crippen LogP contribution in [0, 0.1) is 13.8 Å². The summed E-state index contributed by atoms with van der Waals surface area (Å²) in [5.74, 6) is 0. The molecule has 1 aromatic heterocycles. The van der Waals surface area contributed by atoms with Crippen LogP contribution in [0.2, 0.25) is 0 Å². The second kappa shape index (κ2) is 3.43. The normalized spacial score (nSPS) is 12.1. The van der Waals surface area contributed by atoms with Gasteiger partial charge in [0, 0.05) is 5.69 Å². The summed E-state index contributed by atoms with van der Waals surface area (Å²) in [4.78, 5) is 3.16. The number of aromatic amines is 1. The van der Waals surface area contributed by atoms with E-state index < -0.39 is 0 Å². The van der Waals surface area contributed by atoms with Gasteiger partial charge in [0.2, 0.25) is 0 Å². The van der Waals surface area contributed by atoms with Gasteiger partial charge in [0.25, 0.3) is 0 Å². The van der Waals surface area contributed by atoms with Gasteiger partial charge in [-0.2, -0.15) is 0 Å². The maximum atomic E-state index is 8.65. The molecule has 66 valence electrons. The average molecular weight is 166 g/mol. The Morgan fingerprint density at radius 1 is 1.58 bits per heavy atom. The fraction of sp³-hybridized carbons (Fsp3) is 0.444. The maximum Gasteiger partial charge on any atom is 0.103 e. The van der Waals surface area contributed by atoms with E-state index in [0.29, 0.717) is 5.71 Å². The van der Waals surface area contributed by atoms with Crippen molar-refractivity contribution in [1.82, 2.24) is 4.98 Å². The third-order valence-corrected chi connectivity index (χ3v) is 2.04. The summed E-state index contributed by atoms with van der Waals surface area (Å²) < 4.78 is 0. The number of hydrogen-bond acceptors (Lipinski definition) is 2. The Labute approximate surface area is 72.1 Å². The molecule has 1 rings (SSSR count). The Kier molecular flexibility index (Phi) is 2.53. The van der Waals surface area contributed by atoms with Crippen LogP contribution in [-0.4, -0.2) is 15.9 Å². The molecule has 0 amide bonds. The first-order chi connectivity index (χ1) is 5.69. The number of hydrogen-bond donors (Lipinski definition) is 2. The first-order valence-electron chi connectivity index (χ1n) is 4.06. The van der Waals surface area contributed by atoms with Crippen molar-refractivity contribution in [3.63, 3.8) is 0 Å². The minimum atomic E-state index is 0.700. The summed E-state index contributed by atoms with van der Waals surface area (Å²) in [7, 11) is 0. The molecule has 0 aliphatic carbocycles. The molecule has 0 saturated carbocycles. The van der Waals surface area contributed by atoms with Crippen molar-refractivity contribution in [2.45, 2.75) is 27.2 Å². The van der Waals surface area contributed by atoms with Crippen LogP contribution in [0.1, 0.15) is 30.3 Å². The van der Waals surface area contributed by atoms with Crippen LogP contribution in [0.15, 0.2) is 11.2 Å². The SMILES string of the molecule is CC/C(=N\O)c1cc(C)c(C)[nH]1. The number of aryl methyl sites for hydroxylation is 2. The van der Waals surface area contributed by atoms with Crippen molar-refractivity contribution in [1.29, 1.82) is 0 Å². The van der Waals surface area contributed by atoms with Crippen molar-refractivity contribution >= 4 is 5.71 Å². The lowest BCUT2D eigenvalue weighted by molar-refractivity contribution is 0.318. The molecule has 0 spiro atoms. The molecule has 0 radical (unpaired) electrons. The number of oxime groups is 1. The topological polar surface area (TPSA) is 48.4 Å². The van der Waals surface area contributed by atoms with E-state index in [4.69, 9.17) is 5.21 Å². The Balaban J connectivity index is 3.03.